The maximum atomic E-state index is 11.6. The van der Waals surface area contributed by atoms with Crippen LogP contribution in [0.4, 0.5) is 0 Å². The standard InChI is InChI=1S/C10H12N2O2S/c13-9-3-8(5-11-9)10(14)12-4-7-1-2-15-6-7/h1-2,6,8H,3-5H2,(H,11,13)(H,12,14). The van der Waals surface area contributed by atoms with Gasteiger partial charge in [0.25, 0.3) is 0 Å². The number of nitrogens with one attached hydrogen (secondary N) is 2. The van der Waals surface area contributed by atoms with Crippen molar-refractivity contribution < 1.29 is 9.59 Å². The average Bonchev–Trinajstić information content (AvgIpc) is 2.84. The van der Waals surface area contributed by atoms with Crippen LogP contribution >= 0.6 is 11.3 Å². The van der Waals surface area contributed by atoms with Crippen LogP contribution in [0.2, 0.25) is 0 Å². The summed E-state index contributed by atoms with van der Waals surface area (Å²) in [6.07, 6.45) is 0.315. The van der Waals surface area contributed by atoms with E-state index in [1.54, 1.807) is 11.3 Å². The van der Waals surface area contributed by atoms with Gasteiger partial charge in [-0.05, 0) is 22.4 Å². The molecule has 1 aromatic heterocycles. The summed E-state index contributed by atoms with van der Waals surface area (Å²) < 4.78 is 0. The number of thiophene rings is 1. The van der Waals surface area contributed by atoms with E-state index >= 15 is 0 Å². The van der Waals surface area contributed by atoms with Crippen LogP contribution in [0.1, 0.15) is 12.0 Å². The monoisotopic (exact) mass is 224 g/mol. The van der Waals surface area contributed by atoms with Crippen LogP contribution in [-0.4, -0.2) is 18.4 Å². The molecule has 1 aliphatic rings. The molecular formula is C10H12N2O2S. The Labute approximate surface area is 91.7 Å². The molecular weight excluding hydrogens is 212 g/mol. The molecule has 1 atom stereocenters. The van der Waals surface area contributed by atoms with E-state index < -0.39 is 0 Å². The molecule has 1 fully saturated rings. The first-order chi connectivity index (χ1) is 7.25. The highest BCUT2D eigenvalue weighted by Crippen LogP contribution is 2.10. The predicted molar refractivity (Wildman–Crippen MR) is 57.3 cm³/mol. The molecule has 15 heavy (non-hydrogen) atoms. The molecule has 4 nitrogen and oxygen atoms in total. The quantitative estimate of drug-likeness (QED) is 0.785. The summed E-state index contributed by atoms with van der Waals surface area (Å²) in [5.41, 5.74) is 1.10. The molecule has 0 aliphatic carbocycles. The smallest absolute Gasteiger partial charge is 0.225 e. The van der Waals surface area contributed by atoms with Crippen molar-refractivity contribution in [3.8, 4) is 0 Å². The minimum atomic E-state index is -0.198. The van der Waals surface area contributed by atoms with E-state index in [0.717, 1.165) is 5.56 Å². The lowest BCUT2D eigenvalue weighted by Crippen LogP contribution is -2.31. The molecule has 1 aromatic rings. The Balaban J connectivity index is 1.80. The van der Waals surface area contributed by atoms with E-state index in [9.17, 15) is 9.59 Å². The van der Waals surface area contributed by atoms with Crippen molar-refractivity contribution in [1.82, 2.24) is 10.6 Å². The summed E-state index contributed by atoms with van der Waals surface area (Å²) in [6, 6.07) is 1.98. The van der Waals surface area contributed by atoms with Crippen LogP contribution < -0.4 is 10.6 Å². The van der Waals surface area contributed by atoms with Crippen LogP contribution in [0.25, 0.3) is 0 Å². The van der Waals surface area contributed by atoms with E-state index in [1.165, 1.54) is 0 Å². The molecule has 5 heteroatoms. The fourth-order valence-electron chi connectivity index (χ4n) is 1.52. The molecule has 0 bridgehead atoms. The highest BCUT2D eigenvalue weighted by atomic mass is 32.1. The van der Waals surface area contributed by atoms with Gasteiger partial charge in [-0.25, -0.2) is 0 Å². The van der Waals surface area contributed by atoms with Crippen molar-refractivity contribution in [2.24, 2.45) is 5.92 Å². The molecule has 2 amide bonds. The number of hydrogen-bond acceptors (Lipinski definition) is 3. The van der Waals surface area contributed by atoms with Gasteiger partial charge in [0, 0.05) is 19.5 Å². The molecule has 1 saturated heterocycles. The molecule has 2 N–H and O–H groups in total. The van der Waals surface area contributed by atoms with Crippen molar-refractivity contribution in [3.05, 3.63) is 22.4 Å². The molecule has 2 heterocycles. The minimum Gasteiger partial charge on any atom is -0.355 e. The lowest BCUT2D eigenvalue weighted by atomic mass is 10.1. The third-order valence-corrected chi connectivity index (χ3v) is 3.13. The first-order valence-corrected chi connectivity index (χ1v) is 5.75. The Hall–Kier alpha value is -1.36. The van der Waals surface area contributed by atoms with Gasteiger partial charge in [-0.15, -0.1) is 0 Å². The van der Waals surface area contributed by atoms with E-state index in [-0.39, 0.29) is 17.7 Å². The van der Waals surface area contributed by atoms with E-state index in [4.69, 9.17) is 0 Å². The van der Waals surface area contributed by atoms with E-state index in [0.29, 0.717) is 19.5 Å². The van der Waals surface area contributed by atoms with Gasteiger partial charge in [0.15, 0.2) is 0 Å². The van der Waals surface area contributed by atoms with Gasteiger partial charge in [0.05, 0.1) is 5.92 Å². The normalized spacial score (nSPS) is 20.0. The summed E-state index contributed by atoms with van der Waals surface area (Å²) >= 11 is 1.61. The first-order valence-electron chi connectivity index (χ1n) is 4.81. The zero-order valence-electron chi connectivity index (χ0n) is 8.16. The molecule has 1 unspecified atom stereocenters. The molecule has 0 saturated carbocycles. The van der Waals surface area contributed by atoms with Gasteiger partial charge in [-0.3, -0.25) is 9.59 Å². The fraction of sp³-hybridized carbons (Fsp3) is 0.400. The average molecular weight is 224 g/mol. The number of carbonyl (C=O) groups excluding carboxylic acids is 2. The van der Waals surface area contributed by atoms with E-state index in [2.05, 4.69) is 10.6 Å². The topological polar surface area (TPSA) is 58.2 Å². The summed E-state index contributed by atoms with van der Waals surface area (Å²) in [4.78, 5) is 22.5. The summed E-state index contributed by atoms with van der Waals surface area (Å²) in [5.74, 6) is -0.277. The first kappa shape index (κ1) is 10.2. The van der Waals surface area contributed by atoms with Gasteiger partial charge in [0.2, 0.25) is 11.8 Å². The zero-order valence-corrected chi connectivity index (χ0v) is 8.97. The Morgan fingerprint density at radius 1 is 1.67 bits per heavy atom. The van der Waals surface area contributed by atoms with Crippen molar-refractivity contribution in [3.63, 3.8) is 0 Å². The Kier molecular flexibility index (Phi) is 3.01. The zero-order chi connectivity index (χ0) is 10.7. The van der Waals surface area contributed by atoms with Gasteiger partial charge >= 0.3 is 0 Å². The van der Waals surface area contributed by atoms with Gasteiger partial charge in [0.1, 0.15) is 0 Å². The Morgan fingerprint density at radius 2 is 2.53 bits per heavy atom. The van der Waals surface area contributed by atoms with Crippen molar-refractivity contribution in [2.45, 2.75) is 13.0 Å². The Bertz CT molecular complexity index is 362. The SMILES string of the molecule is O=C1CC(C(=O)NCc2ccsc2)CN1. The van der Waals surface area contributed by atoms with Crippen LogP contribution in [0.3, 0.4) is 0 Å². The summed E-state index contributed by atoms with van der Waals surface area (Å²) in [6.45, 7) is 1.02. The van der Waals surface area contributed by atoms with Crippen LogP contribution in [-0.2, 0) is 16.1 Å². The lowest BCUT2D eigenvalue weighted by Gasteiger charge is -2.07. The second kappa shape index (κ2) is 4.44. The van der Waals surface area contributed by atoms with Gasteiger partial charge < -0.3 is 10.6 Å². The highest BCUT2D eigenvalue weighted by molar-refractivity contribution is 7.07. The number of carbonyl (C=O) groups is 2. The molecule has 2 rings (SSSR count). The highest BCUT2D eigenvalue weighted by Gasteiger charge is 2.27. The third-order valence-electron chi connectivity index (χ3n) is 2.40. The third kappa shape index (κ3) is 2.56. The van der Waals surface area contributed by atoms with Crippen LogP contribution in [0, 0.1) is 5.92 Å². The largest absolute Gasteiger partial charge is 0.355 e. The van der Waals surface area contributed by atoms with Gasteiger partial charge in [-0.2, -0.15) is 11.3 Å². The summed E-state index contributed by atoms with van der Waals surface area (Å²) in [7, 11) is 0. The minimum absolute atomic E-state index is 0.0364. The van der Waals surface area contributed by atoms with Crippen molar-refractivity contribution >= 4 is 23.2 Å². The van der Waals surface area contributed by atoms with Crippen LogP contribution in [0.5, 0.6) is 0 Å². The van der Waals surface area contributed by atoms with Crippen molar-refractivity contribution in [2.75, 3.05) is 6.54 Å². The fourth-order valence-corrected chi connectivity index (χ4v) is 2.19. The molecule has 0 radical (unpaired) electrons. The number of amides is 2. The second-order valence-electron chi connectivity index (χ2n) is 3.55. The van der Waals surface area contributed by atoms with E-state index in [1.807, 2.05) is 16.8 Å². The maximum Gasteiger partial charge on any atom is 0.225 e. The van der Waals surface area contributed by atoms with Crippen LogP contribution in [0.15, 0.2) is 16.8 Å². The molecule has 0 aromatic carbocycles. The maximum absolute atomic E-state index is 11.6. The predicted octanol–water partition coefficient (Wildman–Crippen LogP) is 0.500. The van der Waals surface area contributed by atoms with Gasteiger partial charge in [-0.1, -0.05) is 0 Å². The molecule has 0 spiro atoms. The lowest BCUT2D eigenvalue weighted by molar-refractivity contribution is -0.126. The van der Waals surface area contributed by atoms with Crippen molar-refractivity contribution in [1.29, 1.82) is 0 Å². The Morgan fingerprint density at radius 3 is 3.13 bits per heavy atom. The number of rotatable bonds is 3. The molecule has 80 valence electrons. The number of hydrogen-bond donors (Lipinski definition) is 2. The molecule has 1 aliphatic heterocycles. The summed E-state index contributed by atoms with van der Waals surface area (Å²) in [5, 5.41) is 9.44. The second-order valence-corrected chi connectivity index (χ2v) is 4.33.